The van der Waals surface area contributed by atoms with Crippen LogP contribution in [0, 0.1) is 0 Å². The highest BCUT2D eigenvalue weighted by Crippen LogP contribution is 2.37. The molecule has 174 valence electrons. The average Bonchev–Trinajstić information content (AvgIpc) is 2.95. The molecule has 0 amide bonds. The first kappa shape index (κ1) is 24.4. The second-order valence-electron chi connectivity index (χ2n) is 7.34. The minimum atomic E-state index is -4.48. The van der Waals surface area contributed by atoms with Gasteiger partial charge in [-0.15, -0.1) is 0 Å². The predicted molar refractivity (Wildman–Crippen MR) is 113 cm³/mol. The summed E-state index contributed by atoms with van der Waals surface area (Å²) in [4.78, 5) is 12.1. The van der Waals surface area contributed by atoms with Gasteiger partial charge in [0.25, 0.3) is 0 Å². The van der Waals surface area contributed by atoms with Crippen LogP contribution in [0.2, 0.25) is 0 Å². The Bertz CT molecular complexity index is 1090. The first-order valence-corrected chi connectivity index (χ1v) is 10.1. The zero-order chi connectivity index (χ0) is 24.2. The van der Waals surface area contributed by atoms with Gasteiger partial charge in [0.1, 0.15) is 0 Å². The molecule has 3 rings (SSSR count). The van der Waals surface area contributed by atoms with E-state index in [1.54, 1.807) is 19.1 Å². The van der Waals surface area contributed by atoms with E-state index in [0.717, 1.165) is 29.8 Å². The molecule has 2 aromatic carbocycles. The normalized spacial score (nSPS) is 16.2. The first-order chi connectivity index (χ1) is 15.5. The minimum absolute atomic E-state index is 0.164. The zero-order valence-electron chi connectivity index (χ0n) is 17.6. The van der Waals surface area contributed by atoms with Crippen LogP contribution in [-0.2, 0) is 21.9 Å². The summed E-state index contributed by atoms with van der Waals surface area (Å²) in [5.74, 6) is -0.580. The van der Waals surface area contributed by atoms with Crippen molar-refractivity contribution in [2.24, 2.45) is 0 Å². The lowest BCUT2D eigenvalue weighted by Crippen LogP contribution is -2.05. The number of rotatable bonds is 4. The van der Waals surface area contributed by atoms with Gasteiger partial charge in [-0.2, -0.15) is 26.3 Å². The lowest BCUT2D eigenvalue weighted by molar-refractivity contribution is -0.138. The molecule has 0 saturated heterocycles. The van der Waals surface area contributed by atoms with Gasteiger partial charge in [-0.25, -0.2) is 4.79 Å². The highest BCUT2D eigenvalue weighted by molar-refractivity contribution is 5.92. The summed E-state index contributed by atoms with van der Waals surface area (Å²) in [6.07, 6.45) is -3.49. The van der Waals surface area contributed by atoms with Crippen molar-refractivity contribution >= 4 is 17.1 Å². The fourth-order valence-electron chi connectivity index (χ4n) is 3.49. The Morgan fingerprint density at radius 1 is 0.818 bits per heavy atom. The molecule has 1 aliphatic rings. The largest absolute Gasteiger partial charge is 0.463 e. The number of hydrogen-bond acceptors (Lipinski definition) is 2. The second kappa shape index (κ2) is 9.68. The van der Waals surface area contributed by atoms with Gasteiger partial charge in [0.2, 0.25) is 0 Å². The molecule has 33 heavy (non-hydrogen) atoms. The number of ether oxygens (including phenoxy) is 1. The molecular weight excluding hydrogens is 446 g/mol. The van der Waals surface area contributed by atoms with Gasteiger partial charge in [-0.1, -0.05) is 36.4 Å². The molecule has 1 aliphatic carbocycles. The van der Waals surface area contributed by atoms with Crippen LogP contribution >= 0.6 is 0 Å². The van der Waals surface area contributed by atoms with Crippen LogP contribution in [0.1, 0.15) is 42.0 Å². The summed E-state index contributed by atoms with van der Waals surface area (Å²) in [7, 11) is 0. The third-order valence-electron chi connectivity index (χ3n) is 5.15. The Balaban J connectivity index is 1.99. The average molecular weight is 466 g/mol. The molecule has 0 heterocycles. The van der Waals surface area contributed by atoms with Crippen LogP contribution in [0.3, 0.4) is 0 Å². The Kier molecular flexibility index (Phi) is 7.15. The Morgan fingerprint density at radius 3 is 1.82 bits per heavy atom. The highest BCUT2D eigenvalue weighted by atomic mass is 19.4. The van der Waals surface area contributed by atoms with Crippen LogP contribution in [0.15, 0.2) is 72.3 Å². The Morgan fingerprint density at radius 2 is 1.33 bits per heavy atom. The molecule has 0 radical (unpaired) electrons. The number of esters is 1. The van der Waals surface area contributed by atoms with E-state index in [2.05, 4.69) is 0 Å². The first-order valence-electron chi connectivity index (χ1n) is 10.1. The van der Waals surface area contributed by atoms with E-state index in [1.165, 1.54) is 30.3 Å². The number of carbonyl (C=O) groups is 1. The van der Waals surface area contributed by atoms with E-state index < -0.39 is 29.4 Å². The van der Waals surface area contributed by atoms with Crippen molar-refractivity contribution in [1.82, 2.24) is 0 Å². The standard InChI is InChI=1S/C25H20F6O2/c1-2-33-23(32)15-19-4-3-16(17-5-10-20(11-6-17)24(26,27)28)9-14-22(19)18-7-12-21(13-8-18)25(29,30)31/h5-15H,2-4H2,1H3/b19-15+. The molecule has 2 aromatic rings. The fraction of sp³-hybridized carbons (Fsp3) is 0.240. The summed E-state index contributed by atoms with van der Waals surface area (Å²) >= 11 is 0. The van der Waals surface area contributed by atoms with Crippen LogP contribution in [-0.4, -0.2) is 12.6 Å². The summed E-state index contributed by atoms with van der Waals surface area (Å²) in [5.41, 5.74) is 1.35. The molecule has 0 aliphatic heterocycles. The Labute approximate surface area is 186 Å². The summed E-state index contributed by atoms with van der Waals surface area (Å²) in [5, 5.41) is 0. The van der Waals surface area contributed by atoms with Crippen molar-refractivity contribution in [1.29, 1.82) is 0 Å². The molecule has 0 unspecified atom stereocenters. The van der Waals surface area contributed by atoms with Crippen molar-refractivity contribution < 1.29 is 35.9 Å². The van der Waals surface area contributed by atoms with Gasteiger partial charge < -0.3 is 4.74 Å². The number of hydrogen-bond donors (Lipinski definition) is 0. The van der Waals surface area contributed by atoms with E-state index in [9.17, 15) is 31.1 Å². The van der Waals surface area contributed by atoms with Crippen molar-refractivity contribution in [2.75, 3.05) is 6.61 Å². The van der Waals surface area contributed by atoms with Crippen LogP contribution in [0.4, 0.5) is 26.3 Å². The van der Waals surface area contributed by atoms with Crippen molar-refractivity contribution in [2.45, 2.75) is 32.1 Å². The van der Waals surface area contributed by atoms with E-state index in [4.69, 9.17) is 4.74 Å². The third kappa shape index (κ3) is 6.15. The van der Waals surface area contributed by atoms with E-state index in [-0.39, 0.29) is 6.61 Å². The van der Waals surface area contributed by atoms with Gasteiger partial charge in [0.05, 0.1) is 17.7 Å². The van der Waals surface area contributed by atoms with Crippen molar-refractivity contribution in [3.8, 4) is 0 Å². The molecule has 0 aromatic heterocycles. The molecule has 0 atom stereocenters. The minimum Gasteiger partial charge on any atom is -0.463 e. The second-order valence-corrected chi connectivity index (χ2v) is 7.34. The summed E-state index contributed by atoms with van der Waals surface area (Å²) in [6, 6.07) is 9.32. The molecule has 2 nitrogen and oxygen atoms in total. The molecule has 0 bridgehead atoms. The van der Waals surface area contributed by atoms with Crippen LogP contribution in [0.25, 0.3) is 11.1 Å². The molecule has 0 fully saturated rings. The van der Waals surface area contributed by atoms with Gasteiger partial charge in [0, 0.05) is 6.08 Å². The van der Waals surface area contributed by atoms with Crippen molar-refractivity contribution in [3.63, 3.8) is 0 Å². The van der Waals surface area contributed by atoms with Crippen molar-refractivity contribution in [3.05, 3.63) is 94.6 Å². The van der Waals surface area contributed by atoms with E-state index in [0.29, 0.717) is 35.1 Å². The molecule has 0 spiro atoms. The fourth-order valence-corrected chi connectivity index (χ4v) is 3.49. The van der Waals surface area contributed by atoms with Crippen LogP contribution < -0.4 is 0 Å². The maximum Gasteiger partial charge on any atom is 0.416 e. The monoisotopic (exact) mass is 466 g/mol. The number of benzene rings is 2. The third-order valence-corrected chi connectivity index (χ3v) is 5.15. The molecule has 0 N–H and O–H groups in total. The Hall–Kier alpha value is -3.29. The predicted octanol–water partition coefficient (Wildman–Crippen LogP) is 7.47. The highest BCUT2D eigenvalue weighted by Gasteiger charge is 2.31. The number of alkyl halides is 6. The maximum atomic E-state index is 12.9. The smallest absolute Gasteiger partial charge is 0.416 e. The number of halogens is 6. The topological polar surface area (TPSA) is 26.3 Å². The number of allylic oxidation sites excluding steroid dienone is 5. The molecule has 8 heteroatoms. The summed E-state index contributed by atoms with van der Waals surface area (Å²) in [6.45, 7) is 1.82. The lowest BCUT2D eigenvalue weighted by Gasteiger charge is -2.13. The lowest BCUT2D eigenvalue weighted by atomic mass is 9.93. The SMILES string of the molecule is CCOC(=O)/C=C1\CCC(c2ccc(C(F)(F)F)cc2)=CC=C1c1ccc(C(F)(F)F)cc1. The zero-order valence-corrected chi connectivity index (χ0v) is 17.6. The van der Waals surface area contributed by atoms with Gasteiger partial charge >= 0.3 is 18.3 Å². The molecule has 0 saturated carbocycles. The van der Waals surface area contributed by atoms with E-state index in [1.807, 2.05) is 0 Å². The van der Waals surface area contributed by atoms with Crippen LogP contribution in [0.5, 0.6) is 0 Å². The summed E-state index contributed by atoms with van der Waals surface area (Å²) < 4.78 is 82.4. The quantitative estimate of drug-likeness (QED) is 0.265. The number of carbonyl (C=O) groups excluding carboxylic acids is 1. The van der Waals surface area contributed by atoms with Gasteiger partial charge in [-0.3, -0.25) is 0 Å². The molecular formula is C25H20F6O2. The van der Waals surface area contributed by atoms with Gasteiger partial charge in [-0.05, 0) is 71.9 Å². The van der Waals surface area contributed by atoms with Gasteiger partial charge in [0.15, 0.2) is 0 Å². The van der Waals surface area contributed by atoms with E-state index >= 15 is 0 Å². The maximum absolute atomic E-state index is 12.9.